The van der Waals surface area contributed by atoms with Gasteiger partial charge in [-0.15, -0.1) is 0 Å². The maximum Gasteiger partial charge on any atom is 0.419 e. The molecule has 0 aliphatic carbocycles. The molecule has 0 unspecified atom stereocenters. The van der Waals surface area contributed by atoms with Gasteiger partial charge in [0.25, 0.3) is 0 Å². The van der Waals surface area contributed by atoms with Crippen LogP contribution in [0.1, 0.15) is 22.3 Å². The molecule has 2 nitrogen and oxygen atoms in total. The lowest BCUT2D eigenvalue weighted by Crippen LogP contribution is -2.15. The first-order valence-electron chi connectivity index (χ1n) is 6.66. The normalized spacial score (nSPS) is 11.7. The van der Waals surface area contributed by atoms with Crippen molar-refractivity contribution in [1.29, 1.82) is 0 Å². The summed E-state index contributed by atoms with van der Waals surface area (Å²) in [5, 5.41) is 12.2. The Balaban J connectivity index is 2.03. The van der Waals surface area contributed by atoms with Crippen LogP contribution in [0.4, 0.5) is 17.6 Å². The van der Waals surface area contributed by atoms with Crippen molar-refractivity contribution in [2.24, 2.45) is 0 Å². The van der Waals surface area contributed by atoms with E-state index in [-0.39, 0.29) is 13.2 Å². The van der Waals surface area contributed by atoms with Crippen LogP contribution in [-0.4, -0.2) is 5.11 Å². The van der Waals surface area contributed by atoms with Gasteiger partial charge >= 0.3 is 6.18 Å². The molecule has 6 heteroatoms. The highest BCUT2D eigenvalue weighted by Crippen LogP contribution is 2.31. The van der Waals surface area contributed by atoms with E-state index in [1.54, 1.807) is 12.1 Å². The number of halogens is 4. The Morgan fingerprint density at radius 3 is 2.27 bits per heavy atom. The lowest BCUT2D eigenvalue weighted by molar-refractivity contribution is -0.140. The van der Waals surface area contributed by atoms with E-state index in [1.165, 1.54) is 6.07 Å². The molecule has 0 aliphatic heterocycles. The van der Waals surface area contributed by atoms with Crippen molar-refractivity contribution in [3.63, 3.8) is 0 Å². The minimum atomic E-state index is -4.70. The summed E-state index contributed by atoms with van der Waals surface area (Å²) in [5.41, 5.74) is 0.700. The molecule has 0 saturated heterocycles. The van der Waals surface area contributed by atoms with Crippen LogP contribution in [0.25, 0.3) is 0 Å². The zero-order valence-corrected chi connectivity index (χ0v) is 11.6. The third-order valence-corrected chi connectivity index (χ3v) is 3.27. The van der Waals surface area contributed by atoms with Gasteiger partial charge in [0.05, 0.1) is 12.2 Å². The molecular weight excluding hydrogens is 298 g/mol. The van der Waals surface area contributed by atoms with E-state index in [2.05, 4.69) is 5.32 Å². The van der Waals surface area contributed by atoms with Crippen LogP contribution in [0, 0.1) is 5.82 Å². The minimum Gasteiger partial charge on any atom is -0.392 e. The largest absolute Gasteiger partial charge is 0.419 e. The summed E-state index contributed by atoms with van der Waals surface area (Å²) in [6, 6.07) is 10.2. The second-order valence-electron chi connectivity index (χ2n) is 4.84. The third-order valence-electron chi connectivity index (χ3n) is 3.27. The molecule has 0 radical (unpaired) electrons. The molecule has 0 heterocycles. The summed E-state index contributed by atoms with van der Waals surface area (Å²) in [4.78, 5) is 0. The smallest absolute Gasteiger partial charge is 0.392 e. The van der Waals surface area contributed by atoms with E-state index < -0.39 is 17.6 Å². The van der Waals surface area contributed by atoms with Crippen LogP contribution in [0.5, 0.6) is 0 Å². The van der Waals surface area contributed by atoms with E-state index in [9.17, 15) is 22.7 Å². The van der Waals surface area contributed by atoms with Crippen molar-refractivity contribution < 1.29 is 22.7 Å². The van der Waals surface area contributed by atoms with Crippen LogP contribution in [0.2, 0.25) is 0 Å². The fourth-order valence-corrected chi connectivity index (χ4v) is 2.13. The minimum absolute atomic E-state index is 0.105. The number of aliphatic hydroxyl groups excluding tert-OH is 1. The van der Waals surface area contributed by atoms with Crippen molar-refractivity contribution in [3.05, 3.63) is 70.5 Å². The second-order valence-corrected chi connectivity index (χ2v) is 4.84. The SMILES string of the molecule is OCc1ccccc1CNCc1ccc(F)c(C(F)(F)F)c1. The highest BCUT2D eigenvalue weighted by molar-refractivity contribution is 5.28. The number of rotatable bonds is 5. The van der Waals surface area contributed by atoms with Crippen LogP contribution < -0.4 is 5.32 Å². The van der Waals surface area contributed by atoms with Gasteiger partial charge < -0.3 is 10.4 Å². The number of hydrogen-bond donors (Lipinski definition) is 2. The second kappa shape index (κ2) is 6.89. The van der Waals surface area contributed by atoms with Gasteiger partial charge in [0.1, 0.15) is 5.82 Å². The van der Waals surface area contributed by atoms with E-state index in [0.29, 0.717) is 12.1 Å². The van der Waals surface area contributed by atoms with Gasteiger partial charge in [0, 0.05) is 13.1 Å². The van der Waals surface area contributed by atoms with Crippen LogP contribution in [0.15, 0.2) is 42.5 Å². The average Bonchev–Trinajstić information content (AvgIpc) is 2.48. The standard InChI is InChI=1S/C16H15F4NO/c17-15-6-5-11(7-14(15)16(18,19)20)8-21-9-12-3-1-2-4-13(12)10-22/h1-7,21-22H,8-10H2. The quantitative estimate of drug-likeness (QED) is 0.826. The Bertz CT molecular complexity index is 640. The first-order chi connectivity index (χ1) is 10.4. The fourth-order valence-electron chi connectivity index (χ4n) is 2.13. The zero-order chi connectivity index (χ0) is 16.2. The summed E-state index contributed by atoms with van der Waals surface area (Å²) >= 11 is 0. The molecule has 0 aromatic heterocycles. The Morgan fingerprint density at radius 2 is 1.64 bits per heavy atom. The third kappa shape index (κ3) is 4.05. The molecular formula is C16H15F4NO. The van der Waals surface area contributed by atoms with Gasteiger partial charge in [-0.3, -0.25) is 0 Å². The van der Waals surface area contributed by atoms with Gasteiger partial charge in [0.15, 0.2) is 0 Å². The van der Waals surface area contributed by atoms with Crippen molar-refractivity contribution in [2.75, 3.05) is 0 Å². The number of aliphatic hydroxyl groups is 1. The van der Waals surface area contributed by atoms with Crippen molar-refractivity contribution >= 4 is 0 Å². The summed E-state index contributed by atoms with van der Waals surface area (Å²) in [7, 11) is 0. The van der Waals surface area contributed by atoms with E-state index in [0.717, 1.165) is 23.3 Å². The maximum absolute atomic E-state index is 13.2. The fraction of sp³-hybridized carbons (Fsp3) is 0.250. The number of nitrogens with one attached hydrogen (secondary N) is 1. The number of benzene rings is 2. The molecule has 0 bridgehead atoms. The van der Waals surface area contributed by atoms with Crippen molar-refractivity contribution in [2.45, 2.75) is 25.9 Å². The zero-order valence-electron chi connectivity index (χ0n) is 11.6. The molecule has 2 aromatic rings. The van der Waals surface area contributed by atoms with Gasteiger partial charge in [-0.25, -0.2) is 4.39 Å². The number of alkyl halides is 3. The molecule has 2 rings (SSSR count). The first-order valence-corrected chi connectivity index (χ1v) is 6.66. The van der Waals surface area contributed by atoms with Gasteiger partial charge in [-0.1, -0.05) is 30.3 Å². The molecule has 118 valence electrons. The average molecular weight is 313 g/mol. The maximum atomic E-state index is 13.2. The molecule has 0 atom stereocenters. The highest BCUT2D eigenvalue weighted by atomic mass is 19.4. The van der Waals surface area contributed by atoms with E-state index in [1.807, 2.05) is 12.1 Å². The molecule has 2 N–H and O–H groups in total. The van der Waals surface area contributed by atoms with Crippen LogP contribution in [-0.2, 0) is 25.9 Å². The Kier molecular flexibility index (Phi) is 5.15. The Hall–Kier alpha value is -1.92. The highest BCUT2D eigenvalue weighted by Gasteiger charge is 2.34. The van der Waals surface area contributed by atoms with Crippen molar-refractivity contribution in [3.8, 4) is 0 Å². The molecule has 0 amide bonds. The molecule has 2 aromatic carbocycles. The van der Waals surface area contributed by atoms with E-state index >= 15 is 0 Å². The summed E-state index contributed by atoms with van der Waals surface area (Å²) in [6.07, 6.45) is -4.70. The predicted octanol–water partition coefficient (Wildman–Crippen LogP) is 3.63. The Labute approximate surface area is 125 Å². The van der Waals surface area contributed by atoms with Crippen LogP contribution in [0.3, 0.4) is 0 Å². The van der Waals surface area contributed by atoms with E-state index in [4.69, 9.17) is 0 Å². The summed E-state index contributed by atoms with van der Waals surface area (Å²) < 4.78 is 51.1. The molecule has 0 saturated carbocycles. The monoisotopic (exact) mass is 313 g/mol. The Morgan fingerprint density at radius 1 is 0.955 bits per heavy atom. The van der Waals surface area contributed by atoms with Gasteiger partial charge in [0.2, 0.25) is 0 Å². The van der Waals surface area contributed by atoms with Gasteiger partial charge in [-0.2, -0.15) is 13.2 Å². The molecule has 0 fully saturated rings. The van der Waals surface area contributed by atoms with Crippen molar-refractivity contribution in [1.82, 2.24) is 5.32 Å². The summed E-state index contributed by atoms with van der Waals surface area (Å²) in [5.74, 6) is -1.28. The lowest BCUT2D eigenvalue weighted by atomic mass is 10.1. The first kappa shape index (κ1) is 16.5. The number of hydrogen-bond acceptors (Lipinski definition) is 2. The topological polar surface area (TPSA) is 32.3 Å². The molecule has 22 heavy (non-hydrogen) atoms. The van der Waals surface area contributed by atoms with Gasteiger partial charge in [-0.05, 0) is 28.8 Å². The summed E-state index contributed by atoms with van der Waals surface area (Å²) in [6.45, 7) is 0.463. The lowest BCUT2D eigenvalue weighted by Gasteiger charge is -2.12. The predicted molar refractivity (Wildman–Crippen MR) is 74.3 cm³/mol. The van der Waals surface area contributed by atoms with Crippen LogP contribution >= 0.6 is 0 Å². The molecule has 0 aliphatic rings. The molecule has 0 spiro atoms.